The number of thiazole rings is 1. The van der Waals surface area contributed by atoms with E-state index in [0.29, 0.717) is 61.5 Å². The topological polar surface area (TPSA) is 133 Å². The van der Waals surface area contributed by atoms with Gasteiger partial charge in [0.25, 0.3) is 0 Å². The molecule has 0 aliphatic carbocycles. The van der Waals surface area contributed by atoms with Crippen LogP contribution >= 0.6 is 11.3 Å². The number of β-amino-alcohol motifs (C(OH)–C–C–N with tert-alkyl or cyclic N) is 1. The molecule has 2 fully saturated rings. The Bertz CT molecular complexity index is 1370. The Morgan fingerprint density at radius 3 is 2.78 bits per heavy atom. The summed E-state index contributed by atoms with van der Waals surface area (Å²) in [6.07, 6.45) is 2.26. The van der Waals surface area contributed by atoms with Crippen LogP contribution in [0.25, 0.3) is 21.8 Å². The number of aryl methyl sites for hydroxylation is 1. The molecule has 0 saturated carbocycles. The molecule has 2 aliphatic rings. The predicted molar refractivity (Wildman–Crippen MR) is 136 cm³/mol. The van der Waals surface area contributed by atoms with Crippen molar-refractivity contribution in [3.63, 3.8) is 0 Å². The van der Waals surface area contributed by atoms with Crippen molar-refractivity contribution in [2.45, 2.75) is 25.7 Å². The molecule has 4 aromatic rings. The van der Waals surface area contributed by atoms with Gasteiger partial charge in [-0.15, -0.1) is 0 Å². The second-order valence-electron chi connectivity index (χ2n) is 8.98. The molecule has 3 N–H and O–H groups in total. The van der Waals surface area contributed by atoms with Crippen LogP contribution in [0.1, 0.15) is 24.0 Å². The van der Waals surface area contributed by atoms with Crippen molar-refractivity contribution in [3.05, 3.63) is 42.0 Å². The van der Waals surface area contributed by atoms with E-state index in [1.807, 2.05) is 30.0 Å². The second kappa shape index (κ2) is 9.62. The van der Waals surface area contributed by atoms with E-state index >= 15 is 0 Å². The molecule has 2 aliphatic heterocycles. The van der Waals surface area contributed by atoms with Crippen LogP contribution in [0.4, 0.5) is 16.6 Å². The number of fused-ring (bicyclic) bond motifs is 1. The zero-order valence-electron chi connectivity index (χ0n) is 19.8. The minimum atomic E-state index is -1.12. The number of pyridine rings is 2. The summed E-state index contributed by atoms with van der Waals surface area (Å²) in [5.74, 6) is 1.05. The fourth-order valence-electron chi connectivity index (χ4n) is 4.46. The maximum Gasteiger partial charge on any atom is 0.226 e. The zero-order valence-corrected chi connectivity index (χ0v) is 20.6. The molecule has 188 valence electrons. The van der Waals surface area contributed by atoms with E-state index in [1.54, 1.807) is 17.5 Å². The highest BCUT2D eigenvalue weighted by Crippen LogP contribution is 2.37. The van der Waals surface area contributed by atoms with Gasteiger partial charge in [-0.2, -0.15) is 4.98 Å². The third-order valence-corrected chi connectivity index (χ3v) is 7.39. The lowest BCUT2D eigenvalue weighted by Crippen LogP contribution is -2.36. The highest BCUT2D eigenvalue weighted by molar-refractivity contribution is 7.22. The van der Waals surface area contributed by atoms with Crippen LogP contribution in [0.5, 0.6) is 0 Å². The number of anilines is 3. The van der Waals surface area contributed by atoms with Crippen LogP contribution in [-0.4, -0.2) is 75.6 Å². The molecule has 0 aromatic carbocycles. The van der Waals surface area contributed by atoms with E-state index in [-0.39, 0.29) is 0 Å². The van der Waals surface area contributed by atoms with E-state index in [1.165, 1.54) is 6.26 Å². The van der Waals surface area contributed by atoms with Crippen LogP contribution < -0.4 is 15.1 Å². The van der Waals surface area contributed by atoms with E-state index in [2.05, 4.69) is 20.2 Å². The summed E-state index contributed by atoms with van der Waals surface area (Å²) in [5.41, 5.74) is 3.28. The lowest BCUT2D eigenvalue weighted by Gasteiger charge is -2.25. The highest BCUT2D eigenvalue weighted by atomic mass is 32.1. The summed E-state index contributed by atoms with van der Waals surface area (Å²) < 4.78 is 12.0. The number of rotatable bonds is 6. The smallest absolute Gasteiger partial charge is 0.226 e. The van der Waals surface area contributed by atoms with Crippen molar-refractivity contribution in [2.75, 3.05) is 54.5 Å². The first-order chi connectivity index (χ1) is 17.5. The molecule has 4 aromatic heterocycles. The third kappa shape index (κ3) is 4.60. The maximum atomic E-state index is 11.0. The number of hydrogen-bond donors (Lipinski definition) is 3. The minimum Gasteiger partial charge on any atom is -0.444 e. The average molecular weight is 510 g/mol. The molecule has 0 radical (unpaired) electrons. The summed E-state index contributed by atoms with van der Waals surface area (Å²) in [5, 5.41) is 25.2. The minimum absolute atomic E-state index is 0.352. The van der Waals surface area contributed by atoms with E-state index < -0.39 is 12.3 Å². The number of hydrogen-bond acceptors (Lipinski definition) is 12. The van der Waals surface area contributed by atoms with Crippen molar-refractivity contribution in [2.24, 2.45) is 0 Å². The zero-order chi connectivity index (χ0) is 24.6. The van der Waals surface area contributed by atoms with Crippen molar-refractivity contribution in [1.82, 2.24) is 19.9 Å². The number of nitrogens with zero attached hydrogens (tertiary/aromatic N) is 6. The summed E-state index contributed by atoms with van der Waals surface area (Å²) >= 11 is 1.56. The number of aliphatic hydroxyl groups is 2. The maximum absolute atomic E-state index is 11.0. The Morgan fingerprint density at radius 1 is 1.14 bits per heavy atom. The van der Waals surface area contributed by atoms with Gasteiger partial charge in [-0.1, -0.05) is 11.3 Å². The van der Waals surface area contributed by atoms with Gasteiger partial charge in [0, 0.05) is 43.6 Å². The van der Waals surface area contributed by atoms with Crippen LogP contribution in [0, 0.1) is 6.92 Å². The Hall–Kier alpha value is -3.32. The first-order valence-electron chi connectivity index (χ1n) is 11.9. The van der Waals surface area contributed by atoms with Gasteiger partial charge in [0.05, 0.1) is 29.7 Å². The third-order valence-electron chi connectivity index (χ3n) is 6.33. The van der Waals surface area contributed by atoms with Crippen molar-refractivity contribution in [1.29, 1.82) is 0 Å². The summed E-state index contributed by atoms with van der Waals surface area (Å²) in [7, 11) is 0. The quantitative estimate of drug-likeness (QED) is 0.331. The molecule has 2 atom stereocenters. The Morgan fingerprint density at radius 2 is 2.00 bits per heavy atom. The van der Waals surface area contributed by atoms with Gasteiger partial charge in [-0.25, -0.2) is 9.97 Å². The van der Waals surface area contributed by atoms with Gasteiger partial charge in [0.15, 0.2) is 22.8 Å². The van der Waals surface area contributed by atoms with Gasteiger partial charge >= 0.3 is 0 Å². The fraction of sp³-hybridized carbons (Fsp3) is 0.417. The van der Waals surface area contributed by atoms with Gasteiger partial charge in [-0.3, -0.25) is 4.98 Å². The van der Waals surface area contributed by atoms with Gasteiger partial charge in [-0.05, 0) is 31.5 Å². The molecule has 6 rings (SSSR count). The predicted octanol–water partition coefficient (Wildman–Crippen LogP) is 2.56. The second-order valence-corrected chi connectivity index (χ2v) is 9.99. The molecule has 6 heterocycles. The van der Waals surface area contributed by atoms with Gasteiger partial charge < -0.3 is 34.5 Å². The molecule has 0 bridgehead atoms. The van der Waals surface area contributed by atoms with E-state index in [4.69, 9.17) is 19.1 Å². The normalized spacial score (nSPS) is 19.2. The van der Waals surface area contributed by atoms with Crippen LogP contribution in [-0.2, 0) is 4.74 Å². The first kappa shape index (κ1) is 23.1. The number of oxazole rings is 1. The Kier molecular flexibility index (Phi) is 6.17. The van der Waals surface area contributed by atoms with E-state index in [0.717, 1.165) is 34.2 Å². The Balaban J connectivity index is 1.31. The number of nitrogens with one attached hydrogen (secondary N) is 1. The molecule has 0 amide bonds. The summed E-state index contributed by atoms with van der Waals surface area (Å²) in [6.45, 7) is 5.98. The lowest BCUT2D eigenvalue weighted by molar-refractivity contribution is 0.122. The Labute approximate surface area is 211 Å². The van der Waals surface area contributed by atoms with Gasteiger partial charge in [0.2, 0.25) is 5.89 Å². The highest BCUT2D eigenvalue weighted by Gasteiger charge is 2.27. The van der Waals surface area contributed by atoms with E-state index in [9.17, 15) is 10.2 Å². The number of morpholine rings is 1. The monoisotopic (exact) mass is 509 g/mol. The molecule has 0 spiro atoms. The van der Waals surface area contributed by atoms with Gasteiger partial charge in [0.1, 0.15) is 12.0 Å². The van der Waals surface area contributed by atoms with Crippen molar-refractivity contribution in [3.8, 4) is 11.5 Å². The van der Waals surface area contributed by atoms with Crippen molar-refractivity contribution >= 4 is 38.3 Å². The number of ether oxygens (including phenoxy) is 1. The molecule has 12 heteroatoms. The van der Waals surface area contributed by atoms with Crippen molar-refractivity contribution < 1.29 is 19.4 Å². The summed E-state index contributed by atoms with van der Waals surface area (Å²) in [6, 6.07) is 5.65. The van der Waals surface area contributed by atoms with Crippen LogP contribution in [0.2, 0.25) is 0 Å². The number of aliphatic hydroxyl groups excluding tert-OH is 2. The molecule has 36 heavy (non-hydrogen) atoms. The molecular weight excluding hydrogens is 482 g/mol. The molecule has 11 nitrogen and oxygen atoms in total. The largest absolute Gasteiger partial charge is 0.444 e. The first-order valence-corrected chi connectivity index (χ1v) is 12.8. The van der Waals surface area contributed by atoms with Crippen LogP contribution in [0.3, 0.4) is 0 Å². The van der Waals surface area contributed by atoms with Crippen LogP contribution in [0.15, 0.2) is 35.1 Å². The average Bonchev–Trinajstić information content (AvgIpc) is 3.63. The lowest BCUT2D eigenvalue weighted by atomic mass is 10.2. The molecular formula is C24H27N7O4S. The fourth-order valence-corrected chi connectivity index (χ4v) is 5.46. The molecule has 2 saturated heterocycles. The standard InChI is InChI=1S/C24H27N7O4S/c1-14-10-15(2-4-25-14)23-27-18(13-35-23)22(33)26-17-11-19-20(28-21(17)31-5-3-16(32)12-31)29-24(36-19)30-6-8-34-9-7-30/h2,4,10-11,13,16,22,26,32-33H,3,5-9,12H2,1H3. The number of aromatic nitrogens is 4. The molecule has 2 unspecified atom stereocenters. The SMILES string of the molecule is Cc1cc(-c2nc(C(O)Nc3cc4sc(N5CCOCC5)nc4nc3N3CCC(O)C3)co2)ccn1. The summed E-state index contributed by atoms with van der Waals surface area (Å²) in [4.78, 5) is 22.5.